The van der Waals surface area contributed by atoms with Gasteiger partial charge in [-0.1, -0.05) is 46.0 Å². The molecule has 0 aliphatic carbocycles. The Labute approximate surface area is 171 Å². The predicted octanol–water partition coefficient (Wildman–Crippen LogP) is 5.33. The Balaban J connectivity index is 1.97. The van der Waals surface area contributed by atoms with Gasteiger partial charge in [0.1, 0.15) is 0 Å². The highest BCUT2D eigenvalue weighted by atomic mass is 79.9. The Morgan fingerprint density at radius 2 is 2.04 bits per heavy atom. The molecule has 1 saturated heterocycles. The number of hydrogen-bond acceptors (Lipinski definition) is 5. The topological polar surface area (TPSA) is 49.8 Å². The fourth-order valence-electron chi connectivity index (χ4n) is 2.29. The molecule has 0 saturated carbocycles. The Bertz CT molecular complexity index is 915. The van der Waals surface area contributed by atoms with Gasteiger partial charge in [0.05, 0.1) is 22.2 Å². The van der Waals surface area contributed by atoms with E-state index >= 15 is 0 Å². The summed E-state index contributed by atoms with van der Waals surface area (Å²) in [5.74, 6) is 0.153. The molecule has 4 nitrogen and oxygen atoms in total. The second kappa shape index (κ2) is 7.49. The normalized spacial score (nSPS) is 16.0. The van der Waals surface area contributed by atoms with Crippen LogP contribution in [0.15, 0.2) is 50.2 Å². The maximum Gasteiger partial charge on any atom is 0.270 e. The molecule has 1 aliphatic rings. The molecule has 0 radical (unpaired) electrons. The molecule has 0 spiro atoms. The lowest BCUT2D eigenvalue weighted by molar-refractivity contribution is -0.113. The Morgan fingerprint density at radius 3 is 2.72 bits per heavy atom. The second-order valence-corrected chi connectivity index (χ2v) is 8.50. The monoisotopic (exact) mass is 499 g/mol. The molecule has 0 bridgehead atoms. The summed E-state index contributed by atoms with van der Waals surface area (Å²) in [5, 5.41) is 9.90. The van der Waals surface area contributed by atoms with Crippen LogP contribution in [0.5, 0.6) is 11.5 Å². The summed E-state index contributed by atoms with van der Waals surface area (Å²) in [6.45, 7) is 0. The smallest absolute Gasteiger partial charge is 0.270 e. The van der Waals surface area contributed by atoms with E-state index in [0.717, 1.165) is 10.0 Å². The number of hydrogen-bond donors (Lipinski definition) is 1. The van der Waals surface area contributed by atoms with Gasteiger partial charge < -0.3 is 9.84 Å². The van der Waals surface area contributed by atoms with E-state index in [1.165, 1.54) is 23.8 Å². The van der Waals surface area contributed by atoms with E-state index < -0.39 is 0 Å². The van der Waals surface area contributed by atoms with Crippen molar-refractivity contribution < 1.29 is 14.6 Å². The summed E-state index contributed by atoms with van der Waals surface area (Å²) in [6.07, 6.45) is 1.73. The van der Waals surface area contributed by atoms with Crippen LogP contribution in [0.1, 0.15) is 5.56 Å². The standard InChI is InChI=1S/C17H11Br2NO3S2/c1-23-13-6-9(5-12(19)15(13)21)7-14-16(22)20(17(24)25-14)11-4-2-3-10(18)8-11/h2-8,21H,1H3/b14-7+. The Morgan fingerprint density at radius 1 is 1.28 bits per heavy atom. The fraction of sp³-hybridized carbons (Fsp3) is 0.0588. The van der Waals surface area contributed by atoms with Crippen LogP contribution in [0.25, 0.3) is 6.08 Å². The third kappa shape index (κ3) is 3.76. The summed E-state index contributed by atoms with van der Waals surface area (Å²) in [5.41, 5.74) is 1.43. The number of amides is 1. The number of phenols is 1. The van der Waals surface area contributed by atoms with E-state index in [1.807, 2.05) is 24.3 Å². The molecule has 128 valence electrons. The van der Waals surface area contributed by atoms with Gasteiger partial charge in [-0.05, 0) is 57.9 Å². The Hall–Kier alpha value is -1.35. The molecule has 25 heavy (non-hydrogen) atoms. The average molecular weight is 501 g/mol. The van der Waals surface area contributed by atoms with Crippen molar-refractivity contribution in [3.8, 4) is 11.5 Å². The average Bonchev–Trinajstić information content (AvgIpc) is 2.84. The van der Waals surface area contributed by atoms with Crippen molar-refractivity contribution in [2.75, 3.05) is 12.0 Å². The van der Waals surface area contributed by atoms with Crippen molar-refractivity contribution in [2.45, 2.75) is 0 Å². The fourth-order valence-corrected chi connectivity index (χ4v) is 4.44. The van der Waals surface area contributed by atoms with Crippen LogP contribution in [0.4, 0.5) is 5.69 Å². The number of aromatic hydroxyl groups is 1. The highest BCUT2D eigenvalue weighted by Gasteiger charge is 2.33. The van der Waals surface area contributed by atoms with Gasteiger partial charge in [0.2, 0.25) is 0 Å². The minimum atomic E-state index is -0.184. The highest BCUT2D eigenvalue weighted by molar-refractivity contribution is 9.10. The molecule has 2 aromatic carbocycles. The number of thiocarbonyl (C=S) groups is 1. The third-order valence-electron chi connectivity index (χ3n) is 3.43. The van der Waals surface area contributed by atoms with Gasteiger partial charge in [-0.3, -0.25) is 9.69 Å². The number of anilines is 1. The van der Waals surface area contributed by atoms with E-state index in [4.69, 9.17) is 17.0 Å². The van der Waals surface area contributed by atoms with Crippen LogP contribution in [0.3, 0.4) is 0 Å². The molecule has 3 rings (SSSR count). The summed E-state index contributed by atoms with van der Waals surface area (Å²) in [7, 11) is 1.47. The Kier molecular flexibility index (Phi) is 5.52. The lowest BCUT2D eigenvalue weighted by Gasteiger charge is -2.14. The number of benzene rings is 2. The third-order valence-corrected chi connectivity index (χ3v) is 5.83. The molecule has 1 aliphatic heterocycles. The van der Waals surface area contributed by atoms with Gasteiger partial charge in [0.15, 0.2) is 15.8 Å². The van der Waals surface area contributed by atoms with E-state index in [2.05, 4.69) is 31.9 Å². The zero-order valence-electron chi connectivity index (χ0n) is 12.8. The van der Waals surface area contributed by atoms with Crippen molar-refractivity contribution in [1.82, 2.24) is 0 Å². The number of nitrogens with zero attached hydrogens (tertiary/aromatic N) is 1. The minimum Gasteiger partial charge on any atom is -0.503 e. The summed E-state index contributed by atoms with van der Waals surface area (Å²) < 4.78 is 6.97. The first-order chi connectivity index (χ1) is 11.9. The summed E-state index contributed by atoms with van der Waals surface area (Å²) in [6, 6.07) is 10.8. The first kappa shape index (κ1) is 18.4. The van der Waals surface area contributed by atoms with Crippen LogP contribution >= 0.6 is 55.8 Å². The van der Waals surface area contributed by atoms with Crippen molar-refractivity contribution >= 4 is 77.8 Å². The number of halogens is 2. The van der Waals surface area contributed by atoms with Crippen LogP contribution in [-0.4, -0.2) is 22.4 Å². The maximum absolute atomic E-state index is 12.8. The van der Waals surface area contributed by atoms with Crippen molar-refractivity contribution in [3.05, 3.63) is 55.8 Å². The molecule has 1 heterocycles. The quantitative estimate of drug-likeness (QED) is 0.455. The van der Waals surface area contributed by atoms with Crippen LogP contribution < -0.4 is 9.64 Å². The first-order valence-corrected chi connectivity index (χ1v) is 9.82. The zero-order chi connectivity index (χ0) is 18.1. The molecule has 1 amide bonds. The van der Waals surface area contributed by atoms with Gasteiger partial charge in [-0.2, -0.15) is 0 Å². The number of thioether (sulfide) groups is 1. The predicted molar refractivity (Wildman–Crippen MR) is 112 cm³/mol. The molecular weight excluding hydrogens is 490 g/mol. The van der Waals surface area contributed by atoms with Crippen LogP contribution in [-0.2, 0) is 4.79 Å². The van der Waals surface area contributed by atoms with Gasteiger partial charge in [-0.25, -0.2) is 0 Å². The summed E-state index contributed by atoms with van der Waals surface area (Å²) in [4.78, 5) is 14.8. The van der Waals surface area contributed by atoms with E-state index in [9.17, 15) is 9.90 Å². The van der Waals surface area contributed by atoms with Crippen LogP contribution in [0.2, 0.25) is 0 Å². The second-order valence-electron chi connectivity index (χ2n) is 5.05. The minimum absolute atomic E-state index is 0.0151. The molecule has 0 atom stereocenters. The van der Waals surface area contributed by atoms with Crippen molar-refractivity contribution in [3.63, 3.8) is 0 Å². The molecular formula is C17H11Br2NO3S2. The number of carbonyl (C=O) groups excluding carboxylic acids is 1. The van der Waals surface area contributed by atoms with Gasteiger partial charge >= 0.3 is 0 Å². The molecule has 8 heteroatoms. The molecule has 0 aromatic heterocycles. The van der Waals surface area contributed by atoms with E-state index in [0.29, 0.717) is 25.1 Å². The highest BCUT2D eigenvalue weighted by Crippen LogP contribution is 2.39. The van der Waals surface area contributed by atoms with Gasteiger partial charge in [0, 0.05) is 4.47 Å². The molecule has 1 fully saturated rings. The number of phenolic OH excluding ortho intramolecular Hbond substituents is 1. The first-order valence-electron chi connectivity index (χ1n) is 7.00. The largest absolute Gasteiger partial charge is 0.503 e. The lowest BCUT2D eigenvalue weighted by Crippen LogP contribution is -2.27. The number of ether oxygens (including phenoxy) is 1. The molecule has 1 N–H and O–H groups in total. The zero-order valence-corrected chi connectivity index (χ0v) is 17.6. The number of methoxy groups -OCH3 is 1. The number of carbonyl (C=O) groups is 1. The van der Waals surface area contributed by atoms with E-state index in [1.54, 1.807) is 18.2 Å². The van der Waals surface area contributed by atoms with Gasteiger partial charge in [-0.15, -0.1) is 0 Å². The molecule has 0 unspecified atom stereocenters. The van der Waals surface area contributed by atoms with E-state index in [-0.39, 0.29) is 11.7 Å². The maximum atomic E-state index is 12.8. The lowest BCUT2D eigenvalue weighted by atomic mass is 10.2. The van der Waals surface area contributed by atoms with Crippen molar-refractivity contribution in [2.24, 2.45) is 0 Å². The SMILES string of the molecule is COc1cc(/C=C2/SC(=S)N(c3cccc(Br)c3)C2=O)cc(Br)c1O. The summed E-state index contributed by atoms with van der Waals surface area (Å²) >= 11 is 13.3. The van der Waals surface area contributed by atoms with Crippen LogP contribution in [0, 0.1) is 0 Å². The van der Waals surface area contributed by atoms with Crippen molar-refractivity contribution in [1.29, 1.82) is 0 Å². The molecule has 2 aromatic rings. The van der Waals surface area contributed by atoms with Gasteiger partial charge in [0.25, 0.3) is 5.91 Å². The number of rotatable bonds is 3.